The molecule has 2 unspecified atom stereocenters. The minimum Gasteiger partial charge on any atom is -0.462 e. The lowest BCUT2D eigenvalue weighted by Gasteiger charge is -2.19. The van der Waals surface area contributed by atoms with Crippen molar-refractivity contribution in [2.75, 3.05) is 26.4 Å². The molecule has 0 aliphatic rings. The van der Waals surface area contributed by atoms with Crippen LogP contribution in [-0.2, 0) is 32.7 Å². The maximum atomic E-state index is 12.6. The van der Waals surface area contributed by atoms with Crippen LogP contribution in [0.15, 0.2) is 122 Å². The molecule has 72 heavy (non-hydrogen) atoms. The fourth-order valence-electron chi connectivity index (χ4n) is 7.43. The van der Waals surface area contributed by atoms with Gasteiger partial charge in [-0.3, -0.25) is 18.6 Å². The lowest BCUT2D eigenvalue weighted by molar-refractivity contribution is -0.161. The topological polar surface area (TPSA) is 134 Å². The molecule has 410 valence electrons. The maximum absolute atomic E-state index is 12.6. The predicted molar refractivity (Wildman–Crippen MR) is 307 cm³/mol. The van der Waals surface area contributed by atoms with Crippen LogP contribution < -0.4 is 5.73 Å². The lowest BCUT2D eigenvalue weighted by atomic mass is 10.0. The molecule has 0 saturated carbocycles. The highest BCUT2D eigenvalue weighted by Crippen LogP contribution is 2.43. The number of carbonyl (C=O) groups excluding carboxylic acids is 2. The van der Waals surface area contributed by atoms with Crippen molar-refractivity contribution in [2.24, 2.45) is 5.73 Å². The van der Waals surface area contributed by atoms with Gasteiger partial charge in [-0.05, 0) is 89.9 Å². The summed E-state index contributed by atoms with van der Waals surface area (Å²) in [5.74, 6) is -0.838. The molecule has 9 nitrogen and oxygen atoms in total. The number of phosphoric ester groups is 1. The average Bonchev–Trinajstić information content (AvgIpc) is 3.37. The summed E-state index contributed by atoms with van der Waals surface area (Å²) < 4.78 is 32.9. The molecule has 0 aromatic heterocycles. The number of hydrogen-bond acceptors (Lipinski definition) is 8. The summed E-state index contributed by atoms with van der Waals surface area (Å²) in [6, 6.07) is 0. The van der Waals surface area contributed by atoms with Gasteiger partial charge in [0.1, 0.15) is 6.61 Å². The number of esters is 2. The molecule has 0 rings (SSSR count). The van der Waals surface area contributed by atoms with Gasteiger partial charge in [-0.25, -0.2) is 4.57 Å². The van der Waals surface area contributed by atoms with Crippen LogP contribution in [0.5, 0.6) is 0 Å². The molecule has 0 spiro atoms. The summed E-state index contributed by atoms with van der Waals surface area (Å²) in [6.45, 7) is 3.59. The van der Waals surface area contributed by atoms with Gasteiger partial charge in [-0.1, -0.05) is 245 Å². The van der Waals surface area contributed by atoms with Gasteiger partial charge >= 0.3 is 19.8 Å². The number of carbonyl (C=O) groups is 2. The van der Waals surface area contributed by atoms with E-state index in [1.54, 1.807) is 0 Å². The Bertz CT molecular complexity index is 1590. The Kier molecular flexibility index (Phi) is 53.9. The molecule has 0 bridgehead atoms. The number of rotatable bonds is 52. The second-order valence-corrected chi connectivity index (χ2v) is 19.9. The molecule has 3 N–H and O–H groups in total. The third-order valence-corrected chi connectivity index (χ3v) is 12.6. The highest BCUT2D eigenvalue weighted by Gasteiger charge is 2.26. The van der Waals surface area contributed by atoms with Crippen LogP contribution in [0.2, 0.25) is 0 Å². The van der Waals surface area contributed by atoms with E-state index in [1.807, 2.05) is 0 Å². The van der Waals surface area contributed by atoms with Crippen molar-refractivity contribution in [3.8, 4) is 0 Å². The zero-order valence-electron chi connectivity index (χ0n) is 45.6. The predicted octanol–water partition coefficient (Wildman–Crippen LogP) is 18.0. The maximum Gasteiger partial charge on any atom is 0.472 e. The van der Waals surface area contributed by atoms with E-state index in [-0.39, 0.29) is 38.6 Å². The third-order valence-electron chi connectivity index (χ3n) is 11.6. The van der Waals surface area contributed by atoms with E-state index in [1.165, 1.54) is 83.5 Å². The molecule has 0 fully saturated rings. The highest BCUT2D eigenvalue weighted by molar-refractivity contribution is 7.47. The fraction of sp³-hybridized carbons (Fsp3) is 0.645. The lowest BCUT2D eigenvalue weighted by Crippen LogP contribution is -2.29. The number of ether oxygens (including phenoxy) is 2. The monoisotopic (exact) mass is 1020 g/mol. The molecule has 0 aromatic rings. The van der Waals surface area contributed by atoms with E-state index in [4.69, 9.17) is 24.3 Å². The number of unbranched alkanes of at least 4 members (excludes halogenated alkanes) is 19. The third kappa shape index (κ3) is 55.7. The van der Waals surface area contributed by atoms with Gasteiger partial charge in [-0.2, -0.15) is 0 Å². The van der Waals surface area contributed by atoms with E-state index in [9.17, 15) is 19.0 Å². The first-order chi connectivity index (χ1) is 35.3. The average molecular weight is 1020 g/mol. The number of hydrogen-bond donors (Lipinski definition) is 2. The fourth-order valence-corrected chi connectivity index (χ4v) is 8.19. The van der Waals surface area contributed by atoms with Crippen molar-refractivity contribution < 1.29 is 37.6 Å². The van der Waals surface area contributed by atoms with Crippen LogP contribution in [0.3, 0.4) is 0 Å². The van der Waals surface area contributed by atoms with Gasteiger partial charge in [0.2, 0.25) is 0 Å². The van der Waals surface area contributed by atoms with Gasteiger partial charge < -0.3 is 20.1 Å². The minimum absolute atomic E-state index is 0.0489. The Hall–Kier alpha value is -3.59. The van der Waals surface area contributed by atoms with Gasteiger partial charge in [-0.15, -0.1) is 0 Å². The van der Waals surface area contributed by atoms with Crippen molar-refractivity contribution in [2.45, 2.75) is 232 Å². The normalized spacial score (nSPS) is 14.0. The summed E-state index contributed by atoms with van der Waals surface area (Å²) in [5.41, 5.74) is 5.36. The zero-order chi connectivity index (χ0) is 52.4. The summed E-state index contributed by atoms with van der Waals surface area (Å²) >= 11 is 0. The molecule has 0 heterocycles. The molecule has 0 aromatic carbocycles. The molecule has 10 heteroatoms. The van der Waals surface area contributed by atoms with Gasteiger partial charge in [0, 0.05) is 19.4 Å². The van der Waals surface area contributed by atoms with E-state index < -0.39 is 26.5 Å². The molecular formula is C62H104NO8P. The summed E-state index contributed by atoms with van der Waals surface area (Å²) in [4.78, 5) is 35.0. The van der Waals surface area contributed by atoms with E-state index in [2.05, 4.69) is 135 Å². The Balaban J connectivity index is 3.91. The molecule has 0 radical (unpaired) electrons. The number of allylic oxidation sites excluding steroid dienone is 20. The molecule has 0 saturated heterocycles. The van der Waals surface area contributed by atoms with Crippen LogP contribution in [0, 0.1) is 0 Å². The second-order valence-electron chi connectivity index (χ2n) is 18.4. The summed E-state index contributed by atoms with van der Waals surface area (Å²) in [6.07, 6.45) is 78.4. The van der Waals surface area contributed by atoms with Crippen molar-refractivity contribution in [1.29, 1.82) is 0 Å². The van der Waals surface area contributed by atoms with Gasteiger partial charge in [0.25, 0.3) is 0 Å². The van der Waals surface area contributed by atoms with Crippen LogP contribution >= 0.6 is 7.82 Å². The smallest absolute Gasteiger partial charge is 0.462 e. The Morgan fingerprint density at radius 3 is 1.14 bits per heavy atom. The van der Waals surface area contributed by atoms with Crippen molar-refractivity contribution in [1.82, 2.24) is 0 Å². The zero-order valence-corrected chi connectivity index (χ0v) is 46.5. The Labute approximate surface area is 441 Å². The van der Waals surface area contributed by atoms with Crippen molar-refractivity contribution in [3.63, 3.8) is 0 Å². The number of phosphoric acid groups is 1. The van der Waals surface area contributed by atoms with Crippen LogP contribution in [-0.4, -0.2) is 49.3 Å². The minimum atomic E-state index is -4.39. The number of nitrogens with two attached hydrogens (primary N) is 1. The van der Waals surface area contributed by atoms with Gasteiger partial charge in [0.05, 0.1) is 13.2 Å². The molecular weight excluding hydrogens is 918 g/mol. The van der Waals surface area contributed by atoms with Crippen LogP contribution in [0.25, 0.3) is 0 Å². The molecule has 0 aliphatic carbocycles. The van der Waals surface area contributed by atoms with E-state index in [0.717, 1.165) is 109 Å². The highest BCUT2D eigenvalue weighted by atomic mass is 31.2. The first kappa shape index (κ1) is 68.4. The largest absolute Gasteiger partial charge is 0.472 e. The molecule has 0 amide bonds. The summed E-state index contributed by atoms with van der Waals surface area (Å²) in [7, 11) is -4.39. The van der Waals surface area contributed by atoms with Crippen LogP contribution in [0.4, 0.5) is 0 Å². The van der Waals surface area contributed by atoms with Gasteiger partial charge in [0.15, 0.2) is 6.10 Å². The SMILES string of the molecule is CC/C=C\C/C=C\C/C=C\C/C=C\C/C=C\C/C=C\C/C=C\C/C=C\C/C=C\C/C=C\CCCCCCCCCCCCC(=O)OC(COC(=O)CCCCCCCCCCCC)COP(=O)(O)OCCN. The molecule has 2 atom stereocenters. The summed E-state index contributed by atoms with van der Waals surface area (Å²) in [5, 5.41) is 0. The van der Waals surface area contributed by atoms with Crippen molar-refractivity contribution >= 4 is 19.8 Å². The standard InChI is InChI=1S/C62H104NO8P/c1-3-5-7-9-11-13-15-16-17-18-19-20-21-22-23-24-25-26-27-28-29-30-31-32-33-34-35-36-37-38-39-40-41-42-43-44-45-47-49-51-53-55-62(65)71-60(59-70-72(66,67)69-57-56-63)58-68-61(64)54-52-50-48-46-14-12-10-8-6-4-2/h5,7,11,13,16-17,19-20,22-23,25-26,28-29,31-32,34-35,37-38,60H,3-4,6,8-10,12,14-15,18,21,24,27,30,33,36,39-59,63H2,1-2H3,(H,66,67)/b7-5-,13-11-,17-16-,20-19-,23-22-,26-25-,29-28-,32-31-,35-34-,38-37-. The van der Waals surface area contributed by atoms with Crippen molar-refractivity contribution in [3.05, 3.63) is 122 Å². The first-order valence-electron chi connectivity index (χ1n) is 28.5. The quantitative estimate of drug-likeness (QED) is 0.0264. The van der Waals surface area contributed by atoms with Crippen LogP contribution in [0.1, 0.15) is 226 Å². The van der Waals surface area contributed by atoms with E-state index >= 15 is 0 Å². The molecule has 0 aliphatic heterocycles. The Morgan fingerprint density at radius 1 is 0.431 bits per heavy atom. The van der Waals surface area contributed by atoms with E-state index in [0.29, 0.717) is 6.42 Å². The second kappa shape index (κ2) is 56.7. The Morgan fingerprint density at radius 2 is 0.764 bits per heavy atom. The first-order valence-corrected chi connectivity index (χ1v) is 30.0.